The summed E-state index contributed by atoms with van der Waals surface area (Å²) in [5.74, 6) is -4.03. The summed E-state index contributed by atoms with van der Waals surface area (Å²) in [6.45, 7) is 3.76. The van der Waals surface area contributed by atoms with Crippen LogP contribution in [-0.4, -0.2) is 15.0 Å². The molecule has 0 spiro atoms. The third-order valence-electron chi connectivity index (χ3n) is 3.13. The van der Waals surface area contributed by atoms with Crippen molar-refractivity contribution < 1.29 is 13.2 Å². The van der Waals surface area contributed by atoms with Gasteiger partial charge in [-0.1, -0.05) is 19.1 Å². The molecule has 7 heteroatoms. The van der Waals surface area contributed by atoms with E-state index in [4.69, 9.17) is 5.73 Å². The number of hydrogen-bond donors (Lipinski definition) is 1. The molecule has 1 atom stereocenters. The summed E-state index contributed by atoms with van der Waals surface area (Å²) in [5.41, 5.74) is 7.25. The maximum absolute atomic E-state index is 13.3. The minimum Gasteiger partial charge on any atom is -0.323 e. The summed E-state index contributed by atoms with van der Waals surface area (Å²) in [4.78, 5) is 0. The van der Waals surface area contributed by atoms with Gasteiger partial charge in [-0.3, -0.25) is 0 Å². The van der Waals surface area contributed by atoms with Gasteiger partial charge in [-0.25, -0.2) is 17.9 Å². The highest BCUT2D eigenvalue weighted by molar-refractivity contribution is 5.35. The molecule has 0 amide bonds. The Morgan fingerprint density at radius 1 is 1.20 bits per heavy atom. The van der Waals surface area contributed by atoms with Crippen molar-refractivity contribution >= 4 is 0 Å². The lowest BCUT2D eigenvalue weighted by Gasteiger charge is -2.10. The summed E-state index contributed by atoms with van der Waals surface area (Å²) < 4.78 is 40.9. The molecule has 0 aliphatic heterocycles. The maximum atomic E-state index is 13.3. The molecule has 2 rings (SSSR count). The van der Waals surface area contributed by atoms with Crippen LogP contribution in [0.2, 0.25) is 0 Å². The van der Waals surface area contributed by atoms with E-state index < -0.39 is 17.5 Å². The van der Waals surface area contributed by atoms with Crippen molar-refractivity contribution in [1.29, 1.82) is 0 Å². The third kappa shape index (κ3) is 2.40. The van der Waals surface area contributed by atoms with Gasteiger partial charge in [-0.15, -0.1) is 5.10 Å². The quantitative estimate of drug-likeness (QED) is 0.878. The molecule has 1 aromatic carbocycles. The Kier molecular flexibility index (Phi) is 4.08. The second-order valence-electron chi connectivity index (χ2n) is 4.42. The Labute approximate surface area is 114 Å². The molecule has 0 radical (unpaired) electrons. The number of hydrogen-bond acceptors (Lipinski definition) is 3. The Morgan fingerprint density at radius 2 is 1.80 bits per heavy atom. The van der Waals surface area contributed by atoms with Crippen molar-refractivity contribution in [3.05, 3.63) is 41.0 Å². The average Bonchev–Trinajstić information content (AvgIpc) is 2.87. The minimum atomic E-state index is -1.50. The standard InChI is InChI=1S/C13H15F3N4/c1-3-10(17)13-11(4-2)20(19-18-13)7-5-8(14)12(16)9(15)6-7/h5-6,10H,3-4,17H2,1-2H3. The highest BCUT2D eigenvalue weighted by atomic mass is 19.2. The summed E-state index contributed by atoms with van der Waals surface area (Å²) in [6, 6.07) is 1.47. The molecule has 1 aromatic heterocycles. The molecule has 4 nitrogen and oxygen atoms in total. The fourth-order valence-electron chi connectivity index (χ4n) is 2.00. The number of nitrogens with two attached hydrogens (primary N) is 1. The average molecular weight is 284 g/mol. The lowest BCUT2D eigenvalue weighted by Crippen LogP contribution is -2.12. The van der Waals surface area contributed by atoms with E-state index in [9.17, 15) is 13.2 Å². The third-order valence-corrected chi connectivity index (χ3v) is 3.13. The van der Waals surface area contributed by atoms with E-state index in [2.05, 4.69) is 10.3 Å². The van der Waals surface area contributed by atoms with Gasteiger partial charge >= 0.3 is 0 Å². The molecule has 0 saturated carbocycles. The van der Waals surface area contributed by atoms with Crippen molar-refractivity contribution in [1.82, 2.24) is 15.0 Å². The molecule has 20 heavy (non-hydrogen) atoms. The second kappa shape index (κ2) is 5.62. The van der Waals surface area contributed by atoms with Crippen LogP contribution < -0.4 is 5.73 Å². The molecule has 0 bridgehead atoms. The molecular weight excluding hydrogens is 269 g/mol. The molecule has 108 valence electrons. The van der Waals surface area contributed by atoms with Crippen LogP contribution in [0.3, 0.4) is 0 Å². The van der Waals surface area contributed by atoms with E-state index in [1.165, 1.54) is 4.68 Å². The minimum absolute atomic E-state index is 0.0836. The van der Waals surface area contributed by atoms with Crippen LogP contribution in [0, 0.1) is 17.5 Å². The van der Waals surface area contributed by atoms with Gasteiger partial charge in [0.15, 0.2) is 17.5 Å². The predicted molar refractivity (Wildman–Crippen MR) is 67.8 cm³/mol. The fraction of sp³-hybridized carbons (Fsp3) is 0.385. The van der Waals surface area contributed by atoms with E-state index in [1.54, 1.807) is 0 Å². The molecule has 2 N–H and O–H groups in total. The predicted octanol–water partition coefficient (Wildman–Crippen LogP) is 2.66. The first-order valence-electron chi connectivity index (χ1n) is 6.34. The van der Waals surface area contributed by atoms with Crippen molar-refractivity contribution in [3.63, 3.8) is 0 Å². The molecule has 0 saturated heterocycles. The van der Waals surface area contributed by atoms with E-state index in [0.29, 0.717) is 24.2 Å². The van der Waals surface area contributed by atoms with Gasteiger partial charge in [0.1, 0.15) is 5.69 Å². The maximum Gasteiger partial charge on any atom is 0.194 e. The topological polar surface area (TPSA) is 56.7 Å². The molecular formula is C13H15F3N4. The number of halogens is 3. The van der Waals surface area contributed by atoms with Gasteiger partial charge in [0.05, 0.1) is 17.4 Å². The molecule has 0 aliphatic carbocycles. The van der Waals surface area contributed by atoms with Gasteiger partial charge in [0, 0.05) is 12.1 Å². The van der Waals surface area contributed by atoms with Gasteiger partial charge in [0.25, 0.3) is 0 Å². The summed E-state index contributed by atoms with van der Waals surface area (Å²) >= 11 is 0. The zero-order valence-electron chi connectivity index (χ0n) is 11.2. The van der Waals surface area contributed by atoms with Crippen LogP contribution in [0.15, 0.2) is 12.1 Å². The Bertz CT molecular complexity index is 601. The van der Waals surface area contributed by atoms with Crippen molar-refractivity contribution in [2.75, 3.05) is 0 Å². The summed E-state index contributed by atoms with van der Waals surface area (Å²) in [5, 5.41) is 7.83. The Morgan fingerprint density at radius 3 is 2.30 bits per heavy atom. The van der Waals surface area contributed by atoms with Crippen LogP contribution in [0.4, 0.5) is 13.2 Å². The van der Waals surface area contributed by atoms with Gasteiger partial charge in [-0.2, -0.15) is 0 Å². The normalized spacial score (nSPS) is 12.7. The first kappa shape index (κ1) is 14.5. The van der Waals surface area contributed by atoms with Gasteiger partial charge < -0.3 is 5.73 Å². The lowest BCUT2D eigenvalue weighted by atomic mass is 10.1. The SMILES string of the molecule is CCc1c(C(N)CC)nnn1-c1cc(F)c(F)c(F)c1. The molecule has 1 unspecified atom stereocenters. The summed E-state index contributed by atoms with van der Waals surface area (Å²) in [7, 11) is 0. The smallest absolute Gasteiger partial charge is 0.194 e. The Balaban J connectivity index is 2.56. The van der Waals surface area contributed by atoms with Crippen molar-refractivity contribution in [3.8, 4) is 5.69 Å². The zero-order chi connectivity index (χ0) is 14.9. The zero-order valence-corrected chi connectivity index (χ0v) is 11.2. The van der Waals surface area contributed by atoms with Crippen LogP contribution >= 0.6 is 0 Å². The first-order chi connectivity index (χ1) is 9.49. The van der Waals surface area contributed by atoms with E-state index in [1.807, 2.05) is 13.8 Å². The van der Waals surface area contributed by atoms with Crippen molar-refractivity contribution in [2.45, 2.75) is 32.7 Å². The highest BCUT2D eigenvalue weighted by Gasteiger charge is 2.19. The number of aromatic nitrogens is 3. The highest BCUT2D eigenvalue weighted by Crippen LogP contribution is 2.22. The largest absolute Gasteiger partial charge is 0.323 e. The van der Waals surface area contributed by atoms with Gasteiger partial charge in [0.2, 0.25) is 0 Å². The molecule has 2 aromatic rings. The van der Waals surface area contributed by atoms with Crippen molar-refractivity contribution in [2.24, 2.45) is 5.73 Å². The van der Waals surface area contributed by atoms with E-state index >= 15 is 0 Å². The molecule has 0 fully saturated rings. The first-order valence-corrected chi connectivity index (χ1v) is 6.34. The van der Waals surface area contributed by atoms with E-state index in [-0.39, 0.29) is 11.7 Å². The summed E-state index contributed by atoms with van der Waals surface area (Å²) in [6.07, 6.45) is 1.20. The molecule has 0 aliphatic rings. The lowest BCUT2D eigenvalue weighted by molar-refractivity contribution is 0.445. The number of nitrogens with zero attached hydrogens (tertiary/aromatic N) is 3. The van der Waals surface area contributed by atoms with Crippen LogP contribution in [0.1, 0.15) is 37.7 Å². The monoisotopic (exact) mass is 284 g/mol. The molecule has 1 heterocycles. The van der Waals surface area contributed by atoms with Crippen LogP contribution in [0.5, 0.6) is 0 Å². The van der Waals surface area contributed by atoms with Crippen LogP contribution in [0.25, 0.3) is 5.69 Å². The Hall–Kier alpha value is -1.89. The van der Waals surface area contributed by atoms with Crippen LogP contribution in [-0.2, 0) is 6.42 Å². The van der Waals surface area contributed by atoms with Gasteiger partial charge in [-0.05, 0) is 12.8 Å². The number of benzene rings is 1. The fourth-order valence-corrected chi connectivity index (χ4v) is 2.00. The van der Waals surface area contributed by atoms with E-state index in [0.717, 1.165) is 12.1 Å². The number of rotatable bonds is 4. The second-order valence-corrected chi connectivity index (χ2v) is 4.42.